The molecule has 0 aromatic heterocycles. The van der Waals surface area contributed by atoms with Gasteiger partial charge in [0, 0.05) is 33.5 Å². The Morgan fingerprint density at radius 1 is 0.311 bits per heavy atom. The van der Waals surface area contributed by atoms with Gasteiger partial charge in [-0.25, -0.2) is 0 Å². The van der Waals surface area contributed by atoms with E-state index >= 15 is 0 Å². The van der Waals surface area contributed by atoms with Crippen LogP contribution in [0.25, 0.3) is 54.9 Å². The largest absolute Gasteiger partial charge is 0.311 e. The third-order valence-corrected chi connectivity index (χ3v) is 16.2. The zero-order chi connectivity index (χ0) is 40.9. The van der Waals surface area contributed by atoms with Gasteiger partial charge in [0.2, 0.25) is 0 Å². The lowest BCUT2D eigenvalue weighted by atomic mass is 9.93. The van der Waals surface area contributed by atoms with E-state index in [0.717, 1.165) is 22.7 Å². The van der Waals surface area contributed by atoms with Crippen molar-refractivity contribution in [2.45, 2.75) is 13.1 Å². The SMILES string of the molecule is C[Si]1(C)c2cc(-c3ccc(N(c4ccccc4)c4ccc(-c5ccccc5)cc4)cc3)ccc2-c2ccc(N(c3ccccc3)c3cccc4ccccc34)c3cccc1c23. The molecule has 0 spiro atoms. The Hall–Kier alpha value is -7.46. The van der Waals surface area contributed by atoms with E-state index in [0.29, 0.717) is 0 Å². The number of rotatable bonds is 8. The lowest BCUT2D eigenvalue weighted by molar-refractivity contribution is 1.28. The first-order valence-corrected chi connectivity index (χ1v) is 24.2. The molecule has 3 heteroatoms. The Morgan fingerprint density at radius 3 is 1.48 bits per heavy atom. The smallest absolute Gasteiger partial charge is 0.113 e. The van der Waals surface area contributed by atoms with E-state index in [4.69, 9.17) is 0 Å². The molecule has 2 nitrogen and oxygen atoms in total. The number of nitrogens with zero attached hydrogens (tertiary/aromatic N) is 2. The number of fused-ring (bicyclic) bond motifs is 3. The number of anilines is 6. The highest BCUT2D eigenvalue weighted by molar-refractivity contribution is 7.03. The lowest BCUT2D eigenvalue weighted by Crippen LogP contribution is -2.55. The van der Waals surface area contributed by atoms with E-state index < -0.39 is 8.07 Å². The molecule has 0 fully saturated rings. The number of para-hydroxylation sites is 2. The van der Waals surface area contributed by atoms with Crippen LogP contribution in [-0.2, 0) is 0 Å². The summed E-state index contributed by atoms with van der Waals surface area (Å²) in [6, 6.07) is 84.4. The molecule has 0 aliphatic carbocycles. The van der Waals surface area contributed by atoms with Crippen molar-refractivity contribution in [3.8, 4) is 33.4 Å². The maximum Gasteiger partial charge on any atom is 0.113 e. The van der Waals surface area contributed by atoms with Gasteiger partial charge in [0.05, 0.1) is 11.4 Å². The summed E-state index contributed by atoms with van der Waals surface area (Å²) in [5, 5.41) is 8.12. The fourth-order valence-corrected chi connectivity index (χ4v) is 12.7. The first-order chi connectivity index (χ1) is 30.0. The molecule has 61 heavy (non-hydrogen) atoms. The summed E-state index contributed by atoms with van der Waals surface area (Å²) in [6.45, 7) is 5.06. The second kappa shape index (κ2) is 15.0. The highest BCUT2D eigenvalue weighted by Crippen LogP contribution is 2.45. The molecule has 0 unspecified atom stereocenters. The minimum atomic E-state index is -2.16. The van der Waals surface area contributed by atoms with E-state index in [9.17, 15) is 0 Å². The quantitative estimate of drug-likeness (QED) is 0.141. The number of benzene rings is 10. The molecule has 0 atom stereocenters. The van der Waals surface area contributed by atoms with E-state index in [-0.39, 0.29) is 0 Å². The van der Waals surface area contributed by atoms with Crippen LogP contribution in [-0.4, -0.2) is 8.07 Å². The van der Waals surface area contributed by atoms with Gasteiger partial charge in [-0.3, -0.25) is 0 Å². The molecule has 10 aromatic rings. The number of hydrogen-bond acceptors (Lipinski definition) is 2. The second-order valence-electron chi connectivity index (χ2n) is 16.5. The summed E-state index contributed by atoms with van der Waals surface area (Å²) in [7, 11) is -2.16. The molecule has 1 aliphatic rings. The van der Waals surface area contributed by atoms with E-state index in [2.05, 4.69) is 253 Å². The van der Waals surface area contributed by atoms with Crippen molar-refractivity contribution in [3.05, 3.63) is 231 Å². The molecule has 0 saturated carbocycles. The summed E-state index contributed by atoms with van der Waals surface area (Å²) in [6.07, 6.45) is 0. The van der Waals surface area contributed by atoms with Crippen molar-refractivity contribution >= 4 is 74.1 Å². The molecule has 11 rings (SSSR count). The lowest BCUT2D eigenvalue weighted by Gasteiger charge is -2.36. The van der Waals surface area contributed by atoms with Crippen molar-refractivity contribution in [1.82, 2.24) is 0 Å². The molecule has 1 heterocycles. The van der Waals surface area contributed by atoms with Crippen LogP contribution in [0.2, 0.25) is 13.1 Å². The fourth-order valence-electron chi connectivity index (χ4n) is 9.60. The first-order valence-electron chi connectivity index (χ1n) is 21.2. The molecule has 1 aliphatic heterocycles. The summed E-state index contributed by atoms with van der Waals surface area (Å²) in [5.74, 6) is 0. The van der Waals surface area contributed by atoms with Gasteiger partial charge < -0.3 is 9.80 Å². The molecule has 0 N–H and O–H groups in total. The van der Waals surface area contributed by atoms with Crippen molar-refractivity contribution in [2.75, 3.05) is 9.80 Å². The van der Waals surface area contributed by atoms with Crippen LogP contribution < -0.4 is 20.2 Å². The summed E-state index contributed by atoms with van der Waals surface area (Å²) >= 11 is 0. The van der Waals surface area contributed by atoms with E-state index in [1.807, 2.05) is 0 Å². The molecular formula is C58H44N2Si. The van der Waals surface area contributed by atoms with Gasteiger partial charge in [-0.15, -0.1) is 0 Å². The van der Waals surface area contributed by atoms with Crippen LogP contribution in [0.4, 0.5) is 34.1 Å². The van der Waals surface area contributed by atoms with Gasteiger partial charge in [-0.1, -0.05) is 183 Å². The molecule has 0 radical (unpaired) electrons. The first kappa shape index (κ1) is 36.6. The van der Waals surface area contributed by atoms with Crippen LogP contribution in [0.1, 0.15) is 0 Å². The average Bonchev–Trinajstić information content (AvgIpc) is 3.32. The normalized spacial score (nSPS) is 12.6. The van der Waals surface area contributed by atoms with Crippen LogP contribution in [0.15, 0.2) is 231 Å². The zero-order valence-electron chi connectivity index (χ0n) is 34.3. The Morgan fingerprint density at radius 2 is 0.787 bits per heavy atom. The summed E-state index contributed by atoms with van der Waals surface area (Å²) < 4.78 is 0. The van der Waals surface area contributed by atoms with E-state index in [1.165, 1.54) is 76.7 Å². The van der Waals surface area contributed by atoms with Crippen LogP contribution in [0.3, 0.4) is 0 Å². The third kappa shape index (κ3) is 6.33. The summed E-state index contributed by atoms with van der Waals surface area (Å²) in [4.78, 5) is 4.80. The van der Waals surface area contributed by atoms with Gasteiger partial charge in [0.25, 0.3) is 0 Å². The Bertz CT molecular complexity index is 3190. The molecular weight excluding hydrogens is 753 g/mol. The molecule has 0 bridgehead atoms. The highest BCUT2D eigenvalue weighted by Gasteiger charge is 2.36. The van der Waals surface area contributed by atoms with Crippen molar-refractivity contribution in [2.24, 2.45) is 0 Å². The second-order valence-corrected chi connectivity index (χ2v) is 20.9. The van der Waals surface area contributed by atoms with Gasteiger partial charge >= 0.3 is 0 Å². The van der Waals surface area contributed by atoms with Crippen LogP contribution >= 0.6 is 0 Å². The fraction of sp³-hybridized carbons (Fsp3) is 0.0345. The average molecular weight is 797 g/mol. The summed E-state index contributed by atoms with van der Waals surface area (Å²) in [5.41, 5.74) is 14.5. The van der Waals surface area contributed by atoms with E-state index in [1.54, 1.807) is 0 Å². The maximum absolute atomic E-state index is 2.53. The predicted molar refractivity (Wildman–Crippen MR) is 264 cm³/mol. The van der Waals surface area contributed by atoms with Crippen molar-refractivity contribution in [1.29, 1.82) is 0 Å². The topological polar surface area (TPSA) is 6.48 Å². The van der Waals surface area contributed by atoms with Gasteiger partial charge in [0.15, 0.2) is 0 Å². The Labute approximate surface area is 359 Å². The van der Waals surface area contributed by atoms with Gasteiger partial charge in [0.1, 0.15) is 8.07 Å². The van der Waals surface area contributed by atoms with Crippen LogP contribution in [0, 0.1) is 0 Å². The molecule has 0 amide bonds. The van der Waals surface area contributed by atoms with Crippen molar-refractivity contribution < 1.29 is 0 Å². The zero-order valence-corrected chi connectivity index (χ0v) is 35.3. The molecule has 290 valence electrons. The standard InChI is InChI=1S/C58H44N2Si/c1-61(2)56-27-15-25-53-55(60(47-22-10-5-11-23-47)54-26-14-19-44-18-12-13-24-50(44)54)39-38-52(58(53)56)51-37-32-45(40-57(51)61)43-30-35-49(36-31-43)59(46-20-8-4-9-21-46)48-33-28-42(29-34-48)41-16-6-3-7-17-41/h3-40H,1-2H3. The Balaban J connectivity index is 0.983. The molecule has 10 aromatic carbocycles. The highest BCUT2D eigenvalue weighted by atomic mass is 28.3. The van der Waals surface area contributed by atoms with Crippen molar-refractivity contribution in [3.63, 3.8) is 0 Å². The maximum atomic E-state index is 2.53. The minimum absolute atomic E-state index is 1.12. The monoisotopic (exact) mass is 796 g/mol. The Kier molecular flexibility index (Phi) is 8.98. The van der Waals surface area contributed by atoms with Gasteiger partial charge in [-0.2, -0.15) is 0 Å². The molecule has 0 saturated heterocycles. The minimum Gasteiger partial charge on any atom is -0.311 e. The predicted octanol–water partition coefficient (Wildman–Crippen LogP) is 15.1. The van der Waals surface area contributed by atoms with Gasteiger partial charge in [-0.05, 0) is 115 Å². The van der Waals surface area contributed by atoms with Crippen LogP contribution in [0.5, 0.6) is 0 Å². The number of hydrogen-bond donors (Lipinski definition) is 0. The third-order valence-electron chi connectivity index (χ3n) is 12.6.